The average Bonchev–Trinajstić information content (AvgIpc) is 3.87. The number of ether oxygens (including phenoxy) is 8. The Hall–Kier alpha value is -3.01. The largest absolute Gasteiger partial charge is 0.479 e. The molecule has 0 aromatic heterocycles. The van der Waals surface area contributed by atoms with E-state index in [0.717, 1.165) is 5.57 Å². The lowest BCUT2D eigenvalue weighted by molar-refractivity contribution is -0.386. The average molecular weight is 1130 g/mol. The molecule has 0 spiro atoms. The number of esters is 2. The highest BCUT2D eigenvalue weighted by Gasteiger charge is 2.74. The number of aliphatic hydroxyl groups is 10. The second-order valence-electron chi connectivity index (χ2n) is 26.0. The number of aliphatic hydroxyl groups excluding tert-OH is 10. The Morgan fingerprint density at radius 3 is 1.73 bits per heavy atom. The number of fused-ring (bicyclic) bond motifs is 7. The molecule has 7 fully saturated rings. The number of allylic oxidation sites excluding steroid dienone is 4. The van der Waals surface area contributed by atoms with Gasteiger partial charge in [0.2, 0.25) is 0 Å². The molecule has 5 aliphatic carbocycles. The molecule has 11 N–H and O–H groups in total. The zero-order valence-corrected chi connectivity index (χ0v) is 47.3. The van der Waals surface area contributed by atoms with Gasteiger partial charge in [-0.3, -0.25) is 0 Å². The Balaban J connectivity index is 1.12. The SMILES string of the molecule is C/C=C(/C)C(=O)O[C@H]1[C@H](OC(=O)/C(C)=C\C)[C@@]2(CO)C(CC1(C)C)C1=CCC3[C@@]4(C)CCC(O[C@@H]5O[C@H](C(=O)O)[C@@H](O)[C@H](OC6O[C@@H](CO)[C@H](O)[C@H]6O)[C@H]5OC5O[C@H](CO)[C@H](O)[C@H](O)[C@H]5O)C(C)(C)C4CC[C@@]3(C)[C@]1(C)C[C@H]2O. The number of carbonyl (C=O) groups is 3. The molecule has 3 aliphatic heterocycles. The second kappa shape index (κ2) is 22.5. The lowest BCUT2D eigenvalue weighted by atomic mass is 9.33. The summed E-state index contributed by atoms with van der Waals surface area (Å²) < 4.78 is 49.2. The van der Waals surface area contributed by atoms with Crippen molar-refractivity contribution in [3.8, 4) is 0 Å². The fourth-order valence-corrected chi connectivity index (χ4v) is 16.2. The lowest BCUT2D eigenvalue weighted by Gasteiger charge is -2.72. The molecule has 0 aromatic carbocycles. The summed E-state index contributed by atoms with van der Waals surface area (Å²) in [6, 6.07) is 0. The molecule has 0 bridgehead atoms. The van der Waals surface area contributed by atoms with Crippen LogP contribution in [-0.4, -0.2) is 204 Å². The summed E-state index contributed by atoms with van der Waals surface area (Å²) in [7, 11) is 0. The van der Waals surface area contributed by atoms with E-state index in [0.29, 0.717) is 49.7 Å². The molecule has 0 radical (unpaired) electrons. The highest BCUT2D eigenvalue weighted by molar-refractivity contribution is 5.89. The predicted octanol–water partition coefficient (Wildman–Crippen LogP) is 1.29. The van der Waals surface area contributed by atoms with E-state index in [2.05, 4.69) is 40.7 Å². The van der Waals surface area contributed by atoms with Gasteiger partial charge in [-0.2, -0.15) is 0 Å². The summed E-state index contributed by atoms with van der Waals surface area (Å²) >= 11 is 0. The van der Waals surface area contributed by atoms with Gasteiger partial charge in [-0.25, -0.2) is 14.4 Å². The van der Waals surface area contributed by atoms with Crippen molar-refractivity contribution < 1.29 is 108 Å². The van der Waals surface area contributed by atoms with Gasteiger partial charge < -0.3 is 94.1 Å². The first-order valence-electron chi connectivity index (χ1n) is 28.0. The fraction of sp³-hybridized carbons (Fsp3) is 0.842. The molecule has 25 atom stereocenters. The van der Waals surface area contributed by atoms with E-state index >= 15 is 0 Å². The van der Waals surface area contributed by atoms with Crippen LogP contribution in [0, 0.1) is 50.2 Å². The highest BCUT2D eigenvalue weighted by Crippen LogP contribution is 2.76. The van der Waals surface area contributed by atoms with Crippen molar-refractivity contribution in [2.24, 2.45) is 50.2 Å². The third kappa shape index (κ3) is 9.99. The van der Waals surface area contributed by atoms with Gasteiger partial charge in [0.05, 0.1) is 37.4 Å². The molecule has 79 heavy (non-hydrogen) atoms. The van der Waals surface area contributed by atoms with Gasteiger partial charge in [-0.05, 0) is 112 Å². The minimum Gasteiger partial charge on any atom is -0.479 e. The van der Waals surface area contributed by atoms with Crippen molar-refractivity contribution in [2.75, 3.05) is 19.8 Å². The smallest absolute Gasteiger partial charge is 0.335 e. The third-order valence-corrected chi connectivity index (χ3v) is 21.3. The zero-order valence-electron chi connectivity index (χ0n) is 47.3. The van der Waals surface area contributed by atoms with E-state index in [1.54, 1.807) is 39.8 Å². The Morgan fingerprint density at radius 1 is 0.646 bits per heavy atom. The van der Waals surface area contributed by atoms with Crippen LogP contribution in [0.1, 0.15) is 121 Å². The minimum absolute atomic E-state index is 0.0232. The highest BCUT2D eigenvalue weighted by atomic mass is 16.8. The first-order valence-corrected chi connectivity index (χ1v) is 28.0. The molecule has 4 saturated carbocycles. The van der Waals surface area contributed by atoms with Gasteiger partial charge in [-0.15, -0.1) is 0 Å². The van der Waals surface area contributed by atoms with Crippen LogP contribution in [0.25, 0.3) is 0 Å². The summed E-state index contributed by atoms with van der Waals surface area (Å²) in [4.78, 5) is 40.3. The van der Waals surface area contributed by atoms with Crippen LogP contribution in [0.2, 0.25) is 0 Å². The van der Waals surface area contributed by atoms with Crippen molar-refractivity contribution >= 4 is 17.9 Å². The summed E-state index contributed by atoms with van der Waals surface area (Å²) in [5.74, 6) is -3.40. The van der Waals surface area contributed by atoms with Gasteiger partial charge in [0, 0.05) is 16.6 Å². The fourth-order valence-electron chi connectivity index (χ4n) is 16.2. The number of rotatable bonds is 14. The zero-order chi connectivity index (χ0) is 58.4. The first-order chi connectivity index (χ1) is 36.9. The van der Waals surface area contributed by atoms with Crippen LogP contribution in [0.3, 0.4) is 0 Å². The number of hydrogen-bond acceptors (Lipinski definition) is 21. The van der Waals surface area contributed by atoms with E-state index < -0.39 is 181 Å². The molecule has 8 aliphatic rings. The molecule has 6 unspecified atom stereocenters. The Bertz CT molecular complexity index is 2350. The van der Waals surface area contributed by atoms with Crippen molar-refractivity contribution in [2.45, 2.75) is 232 Å². The van der Waals surface area contributed by atoms with Crippen LogP contribution in [0.4, 0.5) is 0 Å². The second-order valence-corrected chi connectivity index (χ2v) is 26.0. The molecular weight excluding hydrogens is 1040 g/mol. The van der Waals surface area contributed by atoms with Crippen molar-refractivity contribution in [3.05, 3.63) is 34.9 Å². The van der Waals surface area contributed by atoms with Crippen LogP contribution < -0.4 is 0 Å². The first kappa shape index (κ1) is 62.0. The molecule has 0 amide bonds. The maximum atomic E-state index is 13.8. The summed E-state index contributed by atoms with van der Waals surface area (Å²) in [6.45, 7) is 19.4. The number of carboxylic acids is 1. The predicted molar refractivity (Wildman–Crippen MR) is 275 cm³/mol. The molecule has 8 rings (SSSR count). The molecular formula is C57H88O22. The van der Waals surface area contributed by atoms with Gasteiger partial charge in [-0.1, -0.05) is 72.3 Å². The van der Waals surface area contributed by atoms with E-state index in [9.17, 15) is 70.6 Å². The standard InChI is InChI=1S/C57H88O22/c1-12-25(3)47(70)78-44-45(79-48(71)26(4)13-2)57(24-60)28(20-52(44,5)6)27-14-15-32-54(9)18-17-34(53(7,8)31(54)16-19-55(32,10)56(27,11)21-33(57)61)74-51-43(77-50-39(66)37(64)35(62)29(22-58)72-50)41(40(67)42(76-51)46(68)69)75-49-38(65)36(63)30(23-59)73-49/h12-14,28-45,49-51,58-67H,15-24H2,1-11H3,(H,68,69)/b25-12-,26-13-/t28?,29-,30+,31?,32?,33-,34?,35+,36+,37+,38-,39-,40+,41+,42+,43-,44+,45+,49?,50?,51-,54+,55-,56-,57+/m1/s1. The Morgan fingerprint density at radius 2 is 1.19 bits per heavy atom. The van der Waals surface area contributed by atoms with Crippen LogP contribution in [0.5, 0.6) is 0 Å². The van der Waals surface area contributed by atoms with Gasteiger partial charge >= 0.3 is 17.9 Å². The number of carboxylic acid groups (broad SMARTS) is 1. The lowest BCUT2D eigenvalue weighted by Crippen LogP contribution is -2.72. The summed E-state index contributed by atoms with van der Waals surface area (Å²) in [5.41, 5.74) is -2.71. The Labute approximate surface area is 461 Å². The minimum atomic E-state index is -2.10. The number of carbonyl (C=O) groups excluding carboxylic acids is 2. The maximum absolute atomic E-state index is 13.8. The van der Waals surface area contributed by atoms with Gasteiger partial charge in [0.25, 0.3) is 0 Å². The molecule has 3 heterocycles. The number of hydrogen-bond donors (Lipinski definition) is 11. The molecule has 22 nitrogen and oxygen atoms in total. The summed E-state index contributed by atoms with van der Waals surface area (Å²) in [6.07, 6.45) is -20.2. The van der Waals surface area contributed by atoms with Crippen LogP contribution in [-0.2, 0) is 52.3 Å². The quantitative estimate of drug-likeness (QED) is 0.0505. The molecule has 3 saturated heterocycles. The third-order valence-electron chi connectivity index (χ3n) is 21.3. The summed E-state index contributed by atoms with van der Waals surface area (Å²) in [5, 5.41) is 121. The topological polar surface area (TPSA) is 348 Å². The van der Waals surface area contributed by atoms with Crippen LogP contribution in [0.15, 0.2) is 34.9 Å². The molecule has 22 heteroatoms. The van der Waals surface area contributed by atoms with E-state index in [1.807, 2.05) is 13.8 Å². The van der Waals surface area contributed by atoms with E-state index in [1.165, 1.54) is 0 Å². The molecule has 0 aromatic rings. The molecule has 448 valence electrons. The van der Waals surface area contributed by atoms with Crippen molar-refractivity contribution in [1.82, 2.24) is 0 Å². The monoisotopic (exact) mass is 1120 g/mol. The van der Waals surface area contributed by atoms with Gasteiger partial charge in [0.15, 0.2) is 31.1 Å². The van der Waals surface area contributed by atoms with E-state index in [4.69, 9.17) is 37.9 Å². The van der Waals surface area contributed by atoms with Crippen molar-refractivity contribution in [1.29, 1.82) is 0 Å². The van der Waals surface area contributed by atoms with Gasteiger partial charge in [0.1, 0.15) is 67.1 Å². The normalized spacial score (nSPS) is 48.6. The Kier molecular flexibility index (Phi) is 17.7. The maximum Gasteiger partial charge on any atom is 0.335 e. The van der Waals surface area contributed by atoms with E-state index in [-0.39, 0.29) is 23.7 Å². The van der Waals surface area contributed by atoms with Crippen molar-refractivity contribution in [3.63, 3.8) is 0 Å². The van der Waals surface area contributed by atoms with Crippen LogP contribution >= 0.6 is 0 Å². The number of aliphatic carboxylic acids is 1.